The van der Waals surface area contributed by atoms with Crippen LogP contribution in [0.5, 0.6) is 5.75 Å². The van der Waals surface area contributed by atoms with Gasteiger partial charge in [-0.1, -0.05) is 66.1 Å². The number of benzene rings is 2. The van der Waals surface area contributed by atoms with E-state index in [0.29, 0.717) is 22.2 Å². The van der Waals surface area contributed by atoms with Gasteiger partial charge in [0, 0.05) is 18.7 Å². The van der Waals surface area contributed by atoms with Crippen LogP contribution in [-0.4, -0.2) is 38.7 Å². The largest absolute Gasteiger partial charge is 0.872 e. The molecule has 0 unspecified atom stereocenters. The number of nitrogens with one attached hydrogen (secondary N) is 1. The van der Waals surface area contributed by atoms with Gasteiger partial charge in [-0.15, -0.1) is 0 Å². The van der Waals surface area contributed by atoms with Crippen molar-refractivity contribution < 1.29 is 24.6 Å². The van der Waals surface area contributed by atoms with Crippen LogP contribution in [0.25, 0.3) is 6.08 Å². The molecule has 0 aromatic heterocycles. The van der Waals surface area contributed by atoms with Gasteiger partial charge in [0.05, 0.1) is 10.5 Å². The Bertz CT molecular complexity index is 1160. The molecule has 0 saturated carbocycles. The average molecular weight is 482 g/mol. The van der Waals surface area contributed by atoms with E-state index in [1.807, 2.05) is 43.3 Å². The number of allylic oxidation sites excluding steroid dienone is 2. The van der Waals surface area contributed by atoms with Crippen molar-refractivity contribution in [3.63, 3.8) is 0 Å². The second-order valence-electron chi connectivity index (χ2n) is 7.30. The Hall–Kier alpha value is -3.43. The van der Waals surface area contributed by atoms with Gasteiger partial charge in [0.15, 0.2) is 0 Å². The van der Waals surface area contributed by atoms with E-state index in [-0.39, 0.29) is 29.5 Å². The van der Waals surface area contributed by atoms with E-state index in [1.54, 1.807) is 6.08 Å². The van der Waals surface area contributed by atoms with E-state index in [2.05, 4.69) is 5.32 Å². The summed E-state index contributed by atoms with van der Waals surface area (Å²) in [5.74, 6) is -2.53. The van der Waals surface area contributed by atoms with E-state index in [0.717, 1.165) is 23.3 Å². The molecular weight excluding hydrogens is 460 g/mol. The first kappa shape index (κ1) is 24.2. The van der Waals surface area contributed by atoms with E-state index in [1.165, 1.54) is 22.7 Å². The Morgan fingerprint density at radius 3 is 2.61 bits per heavy atom. The van der Waals surface area contributed by atoms with Crippen LogP contribution in [0.3, 0.4) is 0 Å². The zero-order valence-corrected chi connectivity index (χ0v) is 19.4. The van der Waals surface area contributed by atoms with Gasteiger partial charge in [0.2, 0.25) is 5.91 Å². The molecule has 0 radical (unpaired) electrons. The topological polar surface area (TPSA) is 110 Å². The van der Waals surface area contributed by atoms with Gasteiger partial charge in [0.25, 0.3) is 5.91 Å². The quantitative estimate of drug-likeness (QED) is 0.433. The molecule has 0 aliphatic carbocycles. The maximum absolute atomic E-state index is 12.7. The maximum atomic E-state index is 12.7. The molecule has 2 aromatic carbocycles. The van der Waals surface area contributed by atoms with Crippen molar-refractivity contribution >= 4 is 57.8 Å². The molecule has 0 atom stereocenters. The van der Waals surface area contributed by atoms with Crippen LogP contribution in [-0.2, 0) is 9.59 Å². The number of anilines is 1. The van der Waals surface area contributed by atoms with Crippen LogP contribution in [0.4, 0.5) is 5.69 Å². The lowest BCUT2D eigenvalue weighted by Crippen LogP contribution is -2.29. The third-order valence-electron chi connectivity index (χ3n) is 4.71. The summed E-state index contributed by atoms with van der Waals surface area (Å²) in [5, 5.41) is 23.2. The summed E-state index contributed by atoms with van der Waals surface area (Å²) in [4.78, 5) is 37.8. The normalized spacial score (nSPS) is 15.2. The Labute approximate surface area is 200 Å². The highest BCUT2D eigenvalue weighted by Gasteiger charge is 2.31. The first-order valence-corrected chi connectivity index (χ1v) is 11.3. The molecule has 2 aromatic rings. The lowest BCUT2D eigenvalue weighted by molar-refractivity contribution is -0.268. The molecule has 33 heavy (non-hydrogen) atoms. The Balaban J connectivity index is 1.53. The minimum atomic E-state index is -1.32. The number of rotatable bonds is 8. The number of thiocarbonyl (C=S) groups is 1. The number of amides is 2. The second kappa shape index (κ2) is 10.9. The number of carbonyl (C=O) groups is 3. The van der Waals surface area contributed by atoms with E-state index in [9.17, 15) is 19.5 Å². The molecule has 0 bridgehead atoms. The SMILES string of the molecule is CC(=C/c1ccccc1)/C=C1\SC(=S)N(CCCC(=O)Nc2ccc(C(=O)O)c([O-])c2)C1=O. The molecule has 2 amide bonds. The van der Waals surface area contributed by atoms with Crippen molar-refractivity contribution in [2.45, 2.75) is 19.8 Å². The Morgan fingerprint density at radius 1 is 1.21 bits per heavy atom. The molecule has 0 spiro atoms. The number of hydrogen-bond donors (Lipinski definition) is 2. The van der Waals surface area contributed by atoms with Crippen molar-refractivity contribution in [2.24, 2.45) is 0 Å². The van der Waals surface area contributed by atoms with Gasteiger partial charge in [-0.3, -0.25) is 14.5 Å². The van der Waals surface area contributed by atoms with Crippen LogP contribution < -0.4 is 10.4 Å². The predicted octanol–water partition coefficient (Wildman–Crippen LogP) is 4.02. The van der Waals surface area contributed by atoms with E-state index < -0.39 is 11.7 Å². The fourth-order valence-electron chi connectivity index (χ4n) is 3.15. The summed E-state index contributed by atoms with van der Waals surface area (Å²) in [6, 6.07) is 13.4. The van der Waals surface area contributed by atoms with Gasteiger partial charge >= 0.3 is 5.97 Å². The van der Waals surface area contributed by atoms with Crippen molar-refractivity contribution in [1.82, 2.24) is 4.90 Å². The fraction of sp³-hybridized carbons (Fsp3) is 0.167. The van der Waals surface area contributed by atoms with Gasteiger partial charge in [-0.2, -0.15) is 0 Å². The van der Waals surface area contributed by atoms with E-state index in [4.69, 9.17) is 17.3 Å². The fourth-order valence-corrected chi connectivity index (χ4v) is 4.51. The molecule has 1 fully saturated rings. The van der Waals surface area contributed by atoms with Crippen molar-refractivity contribution in [3.8, 4) is 5.75 Å². The number of nitrogens with zero attached hydrogens (tertiary/aromatic N) is 1. The third kappa shape index (κ3) is 6.53. The number of carboxylic acid groups (broad SMARTS) is 1. The van der Waals surface area contributed by atoms with Crippen molar-refractivity contribution in [3.05, 3.63) is 76.2 Å². The Kier molecular flexibility index (Phi) is 8.02. The summed E-state index contributed by atoms with van der Waals surface area (Å²) in [5.41, 5.74) is 1.83. The predicted molar refractivity (Wildman–Crippen MR) is 131 cm³/mol. The average Bonchev–Trinajstić information content (AvgIpc) is 3.01. The molecule has 9 heteroatoms. The Morgan fingerprint density at radius 2 is 1.94 bits per heavy atom. The molecule has 7 nitrogen and oxygen atoms in total. The molecule has 1 aliphatic rings. The van der Waals surface area contributed by atoms with Gasteiger partial charge in [-0.25, -0.2) is 4.79 Å². The molecule has 1 heterocycles. The number of aromatic carboxylic acids is 1. The molecule has 170 valence electrons. The summed E-state index contributed by atoms with van der Waals surface area (Å²) in [7, 11) is 0. The van der Waals surface area contributed by atoms with Crippen molar-refractivity contribution in [1.29, 1.82) is 0 Å². The number of thioether (sulfide) groups is 1. The van der Waals surface area contributed by atoms with E-state index >= 15 is 0 Å². The lowest BCUT2D eigenvalue weighted by Gasteiger charge is -2.15. The molecular formula is C24H21N2O5S2-. The highest BCUT2D eigenvalue weighted by Crippen LogP contribution is 2.32. The van der Waals surface area contributed by atoms with Gasteiger partial charge < -0.3 is 15.5 Å². The van der Waals surface area contributed by atoms with Crippen LogP contribution in [0.1, 0.15) is 35.7 Å². The van der Waals surface area contributed by atoms with Crippen molar-refractivity contribution in [2.75, 3.05) is 11.9 Å². The summed E-state index contributed by atoms with van der Waals surface area (Å²) >= 11 is 6.57. The minimum Gasteiger partial charge on any atom is -0.872 e. The van der Waals surface area contributed by atoms with Gasteiger partial charge in [-0.05, 0) is 48.8 Å². The zero-order chi connectivity index (χ0) is 24.0. The highest BCUT2D eigenvalue weighted by molar-refractivity contribution is 8.26. The number of carbonyl (C=O) groups excluding carboxylic acids is 2. The first-order valence-electron chi connectivity index (χ1n) is 10.1. The summed E-state index contributed by atoms with van der Waals surface area (Å²) in [6.45, 7) is 2.21. The number of carboxylic acids is 1. The molecule has 2 N–H and O–H groups in total. The standard InChI is InChI=1S/C24H22N2O5S2/c1-15(12-16-6-3-2-4-7-16)13-20-22(29)26(24(32)33-20)11-5-8-21(28)25-17-9-10-18(23(30)31)19(27)14-17/h2-4,6-7,9-10,12-14,27H,5,8,11H2,1H3,(H,25,28)(H,30,31)/p-1/b15-12-,20-13-. The second-order valence-corrected chi connectivity index (χ2v) is 8.98. The lowest BCUT2D eigenvalue weighted by atomic mass is 10.1. The van der Waals surface area contributed by atoms with Crippen LogP contribution in [0.2, 0.25) is 0 Å². The zero-order valence-electron chi connectivity index (χ0n) is 17.7. The van der Waals surface area contributed by atoms with Crippen LogP contribution in [0, 0.1) is 0 Å². The molecule has 1 saturated heterocycles. The smallest absolute Gasteiger partial charge is 0.335 e. The summed E-state index contributed by atoms with van der Waals surface area (Å²) < 4.78 is 0.444. The van der Waals surface area contributed by atoms with Crippen LogP contribution >= 0.6 is 24.0 Å². The molecule has 1 aliphatic heterocycles. The maximum Gasteiger partial charge on any atom is 0.335 e. The summed E-state index contributed by atoms with van der Waals surface area (Å²) in [6.07, 6.45) is 4.27. The minimum absolute atomic E-state index is 0.109. The first-order chi connectivity index (χ1) is 15.7. The number of hydrogen-bond acceptors (Lipinski definition) is 6. The van der Waals surface area contributed by atoms with Crippen LogP contribution in [0.15, 0.2) is 65.1 Å². The monoisotopic (exact) mass is 481 g/mol. The van der Waals surface area contributed by atoms with Gasteiger partial charge in [0.1, 0.15) is 4.32 Å². The third-order valence-corrected chi connectivity index (χ3v) is 6.09. The highest BCUT2D eigenvalue weighted by atomic mass is 32.2. The molecule has 3 rings (SSSR count).